The van der Waals surface area contributed by atoms with Crippen molar-refractivity contribution in [3.05, 3.63) is 11.1 Å². The second kappa shape index (κ2) is 10.8. The summed E-state index contributed by atoms with van der Waals surface area (Å²) in [5.74, 6) is -0.363. The molecule has 0 saturated carbocycles. The molecule has 0 bridgehead atoms. The van der Waals surface area contributed by atoms with Crippen LogP contribution in [0.25, 0.3) is 0 Å². The molecule has 0 aromatic carbocycles. The van der Waals surface area contributed by atoms with E-state index in [9.17, 15) is 14.7 Å². The molecule has 27 heavy (non-hydrogen) atoms. The Bertz CT molecular complexity index is 604. The fraction of sp³-hybridized carbons (Fsp3) is 0.750. The summed E-state index contributed by atoms with van der Waals surface area (Å²) in [7, 11) is 0. The van der Waals surface area contributed by atoms with Crippen LogP contribution in [-0.2, 0) is 9.59 Å². The number of carbonyl (C=O) groups excluding carboxylic acids is 2. The Kier molecular flexibility index (Phi) is 9.39. The number of aromatic nitrogens is 1. The average Bonchev–Trinajstić information content (AvgIpc) is 3.05. The lowest BCUT2D eigenvalue weighted by Gasteiger charge is -2.26. The average molecular weight is 398 g/mol. The van der Waals surface area contributed by atoms with Gasteiger partial charge in [0.2, 0.25) is 11.8 Å². The molecule has 1 aromatic heterocycles. The summed E-state index contributed by atoms with van der Waals surface area (Å²) in [5.41, 5.74) is -0.587. The number of thiazole rings is 1. The molecule has 6 nitrogen and oxygen atoms in total. The smallest absolute Gasteiger partial charge is 0.250 e. The van der Waals surface area contributed by atoms with Crippen LogP contribution in [0, 0.1) is 5.41 Å². The monoisotopic (exact) mass is 397 g/mol. The van der Waals surface area contributed by atoms with Crippen molar-refractivity contribution in [3.8, 4) is 0 Å². The lowest BCUT2D eigenvalue weighted by atomic mass is 9.88. The third-order valence-electron chi connectivity index (χ3n) is 4.54. The molecule has 0 fully saturated rings. The predicted octanol–water partition coefficient (Wildman–Crippen LogP) is 4.07. The van der Waals surface area contributed by atoms with Gasteiger partial charge in [0.1, 0.15) is 12.1 Å². The zero-order valence-electron chi connectivity index (χ0n) is 17.5. The molecule has 2 amide bonds. The number of anilines is 1. The van der Waals surface area contributed by atoms with Gasteiger partial charge >= 0.3 is 0 Å². The highest BCUT2D eigenvalue weighted by molar-refractivity contribution is 7.15. The first-order valence-electron chi connectivity index (χ1n) is 9.88. The van der Waals surface area contributed by atoms with Crippen LogP contribution in [-0.4, -0.2) is 34.1 Å². The van der Waals surface area contributed by atoms with Crippen molar-refractivity contribution < 1.29 is 14.7 Å². The summed E-state index contributed by atoms with van der Waals surface area (Å²) < 4.78 is 0. The lowest BCUT2D eigenvalue weighted by Crippen LogP contribution is -2.50. The first-order chi connectivity index (χ1) is 12.6. The number of rotatable bonds is 10. The summed E-state index contributed by atoms with van der Waals surface area (Å²) in [6.45, 7) is 11.5. The molecule has 0 aliphatic carbocycles. The SMILES string of the molecule is CCCC(CCC)c1cnc(NC(=O)C(CC)NC(=O)C(O)C(C)(C)C)s1. The van der Waals surface area contributed by atoms with Crippen molar-refractivity contribution >= 4 is 28.3 Å². The van der Waals surface area contributed by atoms with E-state index in [1.54, 1.807) is 20.8 Å². The Morgan fingerprint density at radius 2 is 1.74 bits per heavy atom. The van der Waals surface area contributed by atoms with E-state index >= 15 is 0 Å². The Balaban J connectivity index is 2.74. The maximum absolute atomic E-state index is 12.5. The number of aliphatic hydroxyl groups is 1. The van der Waals surface area contributed by atoms with Crippen molar-refractivity contribution in [2.75, 3.05) is 5.32 Å². The van der Waals surface area contributed by atoms with Gasteiger partial charge in [-0.15, -0.1) is 11.3 Å². The second-order valence-electron chi connectivity index (χ2n) is 8.07. The van der Waals surface area contributed by atoms with Crippen LogP contribution in [0.4, 0.5) is 5.13 Å². The van der Waals surface area contributed by atoms with Crippen molar-refractivity contribution in [1.29, 1.82) is 0 Å². The van der Waals surface area contributed by atoms with Crippen LogP contribution >= 0.6 is 11.3 Å². The number of amides is 2. The fourth-order valence-corrected chi connectivity index (χ4v) is 3.84. The van der Waals surface area contributed by atoms with Crippen LogP contribution in [0.1, 0.15) is 84.4 Å². The van der Waals surface area contributed by atoms with E-state index in [4.69, 9.17) is 0 Å². The van der Waals surface area contributed by atoms with E-state index in [-0.39, 0.29) is 5.91 Å². The molecule has 1 rings (SSSR count). The molecule has 154 valence electrons. The van der Waals surface area contributed by atoms with Gasteiger partial charge in [-0.2, -0.15) is 0 Å². The molecule has 7 heteroatoms. The highest BCUT2D eigenvalue weighted by atomic mass is 32.1. The first-order valence-corrected chi connectivity index (χ1v) is 10.7. The molecular formula is C20H35N3O3S. The summed E-state index contributed by atoms with van der Waals surface area (Å²) in [5, 5.41) is 16.1. The molecule has 0 aliphatic heterocycles. The highest BCUT2D eigenvalue weighted by Gasteiger charge is 2.31. The third-order valence-corrected chi connectivity index (χ3v) is 5.62. The van der Waals surface area contributed by atoms with Crippen LogP contribution in [0.15, 0.2) is 6.20 Å². The molecule has 0 aliphatic rings. The van der Waals surface area contributed by atoms with Crippen LogP contribution < -0.4 is 10.6 Å². The maximum Gasteiger partial charge on any atom is 0.250 e. The molecule has 1 heterocycles. The van der Waals surface area contributed by atoms with Crippen molar-refractivity contribution in [3.63, 3.8) is 0 Å². The van der Waals surface area contributed by atoms with Gasteiger partial charge in [0.25, 0.3) is 0 Å². The van der Waals surface area contributed by atoms with Gasteiger partial charge < -0.3 is 15.7 Å². The van der Waals surface area contributed by atoms with Gasteiger partial charge in [0, 0.05) is 11.1 Å². The second-order valence-corrected chi connectivity index (χ2v) is 9.13. The minimum atomic E-state index is -1.17. The normalized spacial score (nSPS) is 14.1. The van der Waals surface area contributed by atoms with Gasteiger partial charge in [0.05, 0.1) is 0 Å². The van der Waals surface area contributed by atoms with Gasteiger partial charge in [-0.05, 0) is 30.6 Å². The van der Waals surface area contributed by atoms with E-state index in [1.807, 2.05) is 13.1 Å². The molecule has 0 spiro atoms. The molecule has 2 atom stereocenters. The summed E-state index contributed by atoms with van der Waals surface area (Å²) >= 11 is 1.50. The summed E-state index contributed by atoms with van der Waals surface area (Å²) in [6, 6.07) is -0.705. The molecule has 0 saturated heterocycles. The first kappa shape index (κ1) is 23.6. The molecule has 0 radical (unpaired) electrons. The van der Waals surface area contributed by atoms with E-state index in [2.05, 4.69) is 29.5 Å². The largest absolute Gasteiger partial charge is 0.383 e. The van der Waals surface area contributed by atoms with E-state index in [0.29, 0.717) is 17.5 Å². The number of hydrogen-bond acceptors (Lipinski definition) is 5. The van der Waals surface area contributed by atoms with Crippen LogP contribution in [0.2, 0.25) is 0 Å². The van der Waals surface area contributed by atoms with E-state index in [1.165, 1.54) is 16.2 Å². The molecule has 1 aromatic rings. The molecular weight excluding hydrogens is 362 g/mol. The minimum absolute atomic E-state index is 0.310. The standard InChI is InChI=1S/C20H35N3O3S/c1-7-10-13(11-8-2)15-12-21-19(27-15)23-17(25)14(9-3)22-18(26)16(24)20(4,5)6/h12-14,16,24H,7-11H2,1-6H3,(H,22,26)(H,21,23,25). The quantitative estimate of drug-likeness (QED) is 0.555. The third kappa shape index (κ3) is 7.22. The topological polar surface area (TPSA) is 91.3 Å². The number of nitrogens with zero attached hydrogens (tertiary/aromatic N) is 1. The minimum Gasteiger partial charge on any atom is -0.383 e. The Labute approximate surface area is 167 Å². The van der Waals surface area contributed by atoms with Crippen molar-refractivity contribution in [2.24, 2.45) is 5.41 Å². The Morgan fingerprint density at radius 3 is 2.22 bits per heavy atom. The van der Waals surface area contributed by atoms with Crippen molar-refractivity contribution in [2.45, 2.75) is 91.7 Å². The molecule has 3 N–H and O–H groups in total. The molecule has 2 unspecified atom stereocenters. The fourth-order valence-electron chi connectivity index (χ4n) is 2.85. The highest BCUT2D eigenvalue weighted by Crippen LogP contribution is 2.32. The van der Waals surface area contributed by atoms with Gasteiger partial charge in [0.15, 0.2) is 5.13 Å². The number of carbonyl (C=O) groups is 2. The van der Waals surface area contributed by atoms with E-state index < -0.39 is 23.5 Å². The maximum atomic E-state index is 12.5. The zero-order valence-corrected chi connectivity index (χ0v) is 18.3. The number of hydrogen-bond donors (Lipinski definition) is 3. The Morgan fingerprint density at radius 1 is 1.15 bits per heavy atom. The number of aliphatic hydroxyl groups excluding tert-OH is 1. The zero-order chi connectivity index (χ0) is 20.6. The Hall–Kier alpha value is -1.47. The van der Waals surface area contributed by atoms with E-state index in [0.717, 1.165) is 25.7 Å². The number of nitrogens with one attached hydrogen (secondary N) is 2. The predicted molar refractivity (Wildman–Crippen MR) is 111 cm³/mol. The van der Waals surface area contributed by atoms with Gasteiger partial charge in [-0.1, -0.05) is 54.4 Å². The lowest BCUT2D eigenvalue weighted by molar-refractivity contribution is -0.137. The van der Waals surface area contributed by atoms with Crippen LogP contribution in [0.5, 0.6) is 0 Å². The van der Waals surface area contributed by atoms with Crippen molar-refractivity contribution in [1.82, 2.24) is 10.3 Å². The van der Waals surface area contributed by atoms with Gasteiger partial charge in [-0.3, -0.25) is 9.59 Å². The van der Waals surface area contributed by atoms with Crippen LogP contribution in [0.3, 0.4) is 0 Å². The summed E-state index contributed by atoms with van der Waals surface area (Å²) in [4.78, 5) is 30.3. The summed E-state index contributed by atoms with van der Waals surface area (Å²) in [6.07, 6.45) is 5.56. The van der Waals surface area contributed by atoms with Gasteiger partial charge in [-0.25, -0.2) is 4.98 Å².